The summed E-state index contributed by atoms with van der Waals surface area (Å²) in [5, 5.41) is 12.3. The molecule has 5 heteroatoms. The first kappa shape index (κ1) is 13.8. The van der Waals surface area contributed by atoms with Crippen molar-refractivity contribution in [1.29, 1.82) is 0 Å². The molecule has 19 heavy (non-hydrogen) atoms. The first-order valence-corrected chi connectivity index (χ1v) is 6.84. The van der Waals surface area contributed by atoms with Gasteiger partial charge >= 0.3 is 0 Å². The lowest BCUT2D eigenvalue weighted by atomic mass is 9.98. The molecule has 0 aliphatic carbocycles. The minimum absolute atomic E-state index is 0.0275. The lowest BCUT2D eigenvalue weighted by molar-refractivity contribution is 0.0620. The molecule has 1 fully saturated rings. The number of amides is 1. The Morgan fingerprint density at radius 3 is 3.21 bits per heavy atom. The van der Waals surface area contributed by atoms with Gasteiger partial charge in [-0.05, 0) is 37.8 Å². The Kier molecular flexibility index (Phi) is 4.74. The van der Waals surface area contributed by atoms with Crippen molar-refractivity contribution < 1.29 is 9.90 Å². The number of anilines is 1. The van der Waals surface area contributed by atoms with Crippen molar-refractivity contribution >= 4 is 11.7 Å². The quantitative estimate of drug-likeness (QED) is 0.861. The summed E-state index contributed by atoms with van der Waals surface area (Å²) in [6.45, 7) is 4.35. The van der Waals surface area contributed by atoms with Crippen LogP contribution in [0, 0.1) is 5.92 Å². The van der Waals surface area contributed by atoms with Crippen LogP contribution in [-0.2, 0) is 0 Å². The standard InChI is InChI=1S/C14H21N3O2/c1-2-15-13-8-12(5-6-16-13)14(19)17-7-3-4-11(9-17)10-18/h5-6,8,11,18H,2-4,7,9-10H2,1H3,(H,15,16). The second-order valence-corrected chi connectivity index (χ2v) is 4.90. The van der Waals surface area contributed by atoms with Crippen LogP contribution in [0.25, 0.3) is 0 Å². The minimum Gasteiger partial charge on any atom is -0.396 e. The summed E-state index contributed by atoms with van der Waals surface area (Å²) >= 11 is 0. The predicted octanol–water partition coefficient (Wildman–Crippen LogP) is 1.36. The van der Waals surface area contributed by atoms with Crippen LogP contribution in [0.5, 0.6) is 0 Å². The van der Waals surface area contributed by atoms with Crippen LogP contribution >= 0.6 is 0 Å². The minimum atomic E-state index is 0.0275. The highest BCUT2D eigenvalue weighted by molar-refractivity contribution is 5.94. The molecule has 1 aliphatic heterocycles. The van der Waals surface area contributed by atoms with Gasteiger partial charge in [-0.15, -0.1) is 0 Å². The Balaban J connectivity index is 2.08. The average Bonchev–Trinajstić information content (AvgIpc) is 2.47. The van der Waals surface area contributed by atoms with Crippen LogP contribution in [-0.4, -0.2) is 47.1 Å². The lowest BCUT2D eigenvalue weighted by Gasteiger charge is -2.31. The zero-order valence-corrected chi connectivity index (χ0v) is 11.3. The van der Waals surface area contributed by atoms with E-state index in [2.05, 4.69) is 10.3 Å². The number of carbonyl (C=O) groups is 1. The van der Waals surface area contributed by atoms with Gasteiger partial charge < -0.3 is 15.3 Å². The van der Waals surface area contributed by atoms with E-state index >= 15 is 0 Å². The van der Waals surface area contributed by atoms with E-state index in [1.54, 1.807) is 18.3 Å². The van der Waals surface area contributed by atoms with E-state index in [1.807, 2.05) is 11.8 Å². The summed E-state index contributed by atoms with van der Waals surface area (Å²) < 4.78 is 0. The van der Waals surface area contributed by atoms with Gasteiger partial charge in [-0.1, -0.05) is 0 Å². The second kappa shape index (κ2) is 6.52. The average molecular weight is 263 g/mol. The molecule has 2 heterocycles. The van der Waals surface area contributed by atoms with Crippen molar-refractivity contribution in [2.45, 2.75) is 19.8 Å². The Labute approximate surface area is 113 Å². The number of aliphatic hydroxyl groups is 1. The predicted molar refractivity (Wildman–Crippen MR) is 74.1 cm³/mol. The topological polar surface area (TPSA) is 65.5 Å². The Bertz CT molecular complexity index is 436. The van der Waals surface area contributed by atoms with E-state index in [1.165, 1.54) is 0 Å². The Hall–Kier alpha value is -1.62. The van der Waals surface area contributed by atoms with Crippen molar-refractivity contribution in [3.05, 3.63) is 23.9 Å². The highest BCUT2D eigenvalue weighted by atomic mass is 16.3. The number of hydrogen-bond donors (Lipinski definition) is 2. The van der Waals surface area contributed by atoms with Crippen LogP contribution in [0.4, 0.5) is 5.82 Å². The number of likely N-dealkylation sites (tertiary alicyclic amines) is 1. The van der Waals surface area contributed by atoms with E-state index < -0.39 is 0 Å². The number of aliphatic hydroxyl groups excluding tert-OH is 1. The maximum absolute atomic E-state index is 12.4. The van der Waals surface area contributed by atoms with Crippen molar-refractivity contribution in [3.63, 3.8) is 0 Å². The molecule has 5 nitrogen and oxygen atoms in total. The number of nitrogens with zero attached hydrogens (tertiary/aromatic N) is 2. The number of aromatic nitrogens is 1. The molecule has 1 aliphatic rings. The molecule has 0 bridgehead atoms. The van der Waals surface area contributed by atoms with E-state index in [4.69, 9.17) is 0 Å². The molecular weight excluding hydrogens is 242 g/mol. The molecule has 104 valence electrons. The van der Waals surface area contributed by atoms with Crippen LogP contribution in [0.2, 0.25) is 0 Å². The molecule has 0 aromatic carbocycles. The molecule has 1 aromatic heterocycles. The van der Waals surface area contributed by atoms with Crippen molar-refractivity contribution in [2.24, 2.45) is 5.92 Å². The number of hydrogen-bond acceptors (Lipinski definition) is 4. The molecule has 1 amide bonds. The van der Waals surface area contributed by atoms with Crippen molar-refractivity contribution in [2.75, 3.05) is 31.6 Å². The van der Waals surface area contributed by atoms with Gasteiger partial charge in [0.2, 0.25) is 0 Å². The van der Waals surface area contributed by atoms with E-state index in [9.17, 15) is 9.90 Å². The molecule has 1 atom stereocenters. The molecule has 1 aromatic rings. The first-order chi connectivity index (χ1) is 9.24. The summed E-state index contributed by atoms with van der Waals surface area (Å²) in [6.07, 6.45) is 3.61. The molecule has 1 saturated heterocycles. The fourth-order valence-electron chi connectivity index (χ4n) is 2.42. The summed E-state index contributed by atoms with van der Waals surface area (Å²) in [5.74, 6) is 0.969. The fraction of sp³-hybridized carbons (Fsp3) is 0.571. The van der Waals surface area contributed by atoms with Crippen LogP contribution in [0.3, 0.4) is 0 Å². The monoisotopic (exact) mass is 263 g/mol. The summed E-state index contributed by atoms with van der Waals surface area (Å²) in [4.78, 5) is 18.4. The number of piperidine rings is 1. The smallest absolute Gasteiger partial charge is 0.254 e. The van der Waals surface area contributed by atoms with Crippen molar-refractivity contribution in [1.82, 2.24) is 9.88 Å². The molecule has 0 spiro atoms. The van der Waals surface area contributed by atoms with E-state index in [-0.39, 0.29) is 18.4 Å². The zero-order chi connectivity index (χ0) is 13.7. The third kappa shape index (κ3) is 3.44. The SMILES string of the molecule is CCNc1cc(C(=O)N2CCCC(CO)C2)ccn1. The lowest BCUT2D eigenvalue weighted by Crippen LogP contribution is -2.40. The van der Waals surface area contributed by atoms with E-state index in [0.29, 0.717) is 12.1 Å². The largest absolute Gasteiger partial charge is 0.396 e. The molecular formula is C14H21N3O2. The van der Waals surface area contributed by atoms with Gasteiger partial charge in [-0.3, -0.25) is 4.79 Å². The summed E-state index contributed by atoms with van der Waals surface area (Å²) in [5.41, 5.74) is 0.657. The Morgan fingerprint density at radius 1 is 1.63 bits per heavy atom. The molecule has 0 saturated carbocycles. The number of pyridine rings is 1. The summed E-state index contributed by atoms with van der Waals surface area (Å²) in [7, 11) is 0. The number of nitrogens with one attached hydrogen (secondary N) is 1. The molecule has 2 N–H and O–H groups in total. The van der Waals surface area contributed by atoms with Gasteiger partial charge in [-0.25, -0.2) is 4.98 Å². The van der Waals surface area contributed by atoms with E-state index in [0.717, 1.165) is 31.7 Å². The first-order valence-electron chi connectivity index (χ1n) is 6.84. The maximum Gasteiger partial charge on any atom is 0.254 e. The van der Waals surface area contributed by atoms with Gasteiger partial charge in [0, 0.05) is 38.0 Å². The fourth-order valence-corrected chi connectivity index (χ4v) is 2.42. The number of rotatable bonds is 4. The summed E-state index contributed by atoms with van der Waals surface area (Å²) in [6, 6.07) is 3.53. The van der Waals surface area contributed by atoms with Gasteiger partial charge in [0.25, 0.3) is 5.91 Å². The van der Waals surface area contributed by atoms with Crippen molar-refractivity contribution in [3.8, 4) is 0 Å². The molecule has 0 radical (unpaired) electrons. The van der Waals surface area contributed by atoms with Gasteiger partial charge in [0.15, 0.2) is 0 Å². The Morgan fingerprint density at radius 2 is 2.47 bits per heavy atom. The van der Waals surface area contributed by atoms with Gasteiger partial charge in [0.05, 0.1) is 0 Å². The normalized spacial score (nSPS) is 19.3. The second-order valence-electron chi connectivity index (χ2n) is 4.90. The molecule has 1 unspecified atom stereocenters. The van der Waals surface area contributed by atoms with Gasteiger partial charge in [-0.2, -0.15) is 0 Å². The highest BCUT2D eigenvalue weighted by Crippen LogP contribution is 2.18. The third-order valence-corrected chi connectivity index (χ3v) is 3.43. The zero-order valence-electron chi connectivity index (χ0n) is 11.3. The maximum atomic E-state index is 12.4. The van der Waals surface area contributed by atoms with Gasteiger partial charge in [0.1, 0.15) is 5.82 Å². The van der Waals surface area contributed by atoms with Crippen LogP contribution in [0.1, 0.15) is 30.1 Å². The number of carbonyl (C=O) groups excluding carboxylic acids is 1. The molecule has 2 rings (SSSR count). The van der Waals surface area contributed by atoms with Crippen LogP contribution in [0.15, 0.2) is 18.3 Å². The van der Waals surface area contributed by atoms with Crippen LogP contribution < -0.4 is 5.32 Å². The third-order valence-electron chi connectivity index (χ3n) is 3.43. The highest BCUT2D eigenvalue weighted by Gasteiger charge is 2.24.